The molecule has 0 aliphatic carbocycles. The van der Waals surface area contributed by atoms with Crippen LogP contribution >= 0.6 is 0 Å². The van der Waals surface area contributed by atoms with Gasteiger partial charge in [-0.15, -0.1) is 0 Å². The van der Waals surface area contributed by atoms with Gasteiger partial charge < -0.3 is 10.4 Å². The number of rotatable bonds is 16. The average Bonchev–Trinajstić information content (AvgIpc) is 2.71. The molecular weight excluding hydrogens is 354 g/mol. The number of unbranched alkanes of at least 4 members (excludes halogenated alkanes) is 5. The van der Waals surface area contributed by atoms with Gasteiger partial charge in [0.05, 0.1) is 0 Å². The SMILES string of the molecule is CCCCC/C=C\C/C=C\C/C=C\C/C=C\CCCCNc1ccc(O)cc1C. The molecule has 29 heavy (non-hydrogen) atoms. The summed E-state index contributed by atoms with van der Waals surface area (Å²) in [6, 6.07) is 5.46. The Labute approximate surface area is 179 Å². The number of anilines is 1. The normalized spacial score (nSPS) is 12.2. The number of allylic oxidation sites excluding steroid dienone is 8. The molecule has 2 N–H and O–H groups in total. The van der Waals surface area contributed by atoms with Crippen LogP contribution in [-0.2, 0) is 0 Å². The largest absolute Gasteiger partial charge is 0.508 e. The van der Waals surface area contributed by atoms with Crippen molar-refractivity contribution < 1.29 is 5.11 Å². The lowest BCUT2D eigenvalue weighted by molar-refractivity contribution is 0.475. The van der Waals surface area contributed by atoms with Crippen LogP contribution in [0.5, 0.6) is 5.75 Å². The zero-order valence-electron chi connectivity index (χ0n) is 18.6. The molecule has 1 aromatic rings. The quantitative estimate of drug-likeness (QED) is 0.168. The Balaban J connectivity index is 1.95. The Hall–Kier alpha value is -2.22. The van der Waals surface area contributed by atoms with Crippen molar-refractivity contribution in [2.45, 2.75) is 78.1 Å². The van der Waals surface area contributed by atoms with E-state index in [2.05, 4.69) is 60.8 Å². The van der Waals surface area contributed by atoms with E-state index in [0.29, 0.717) is 5.75 Å². The molecule has 0 fully saturated rings. The fourth-order valence-corrected chi connectivity index (χ4v) is 3.02. The average molecular weight is 396 g/mol. The summed E-state index contributed by atoms with van der Waals surface area (Å²) in [6.07, 6.45) is 29.9. The lowest BCUT2D eigenvalue weighted by atomic mass is 10.1. The first-order valence-corrected chi connectivity index (χ1v) is 11.4. The highest BCUT2D eigenvalue weighted by molar-refractivity contribution is 5.53. The summed E-state index contributed by atoms with van der Waals surface area (Å²) in [5, 5.41) is 12.9. The number of hydrogen-bond donors (Lipinski definition) is 2. The minimum atomic E-state index is 0.327. The number of nitrogens with one attached hydrogen (secondary N) is 1. The van der Waals surface area contributed by atoms with Crippen molar-refractivity contribution in [2.24, 2.45) is 0 Å². The molecule has 0 bridgehead atoms. The molecule has 0 atom stereocenters. The van der Waals surface area contributed by atoms with E-state index in [0.717, 1.165) is 49.9 Å². The third kappa shape index (κ3) is 14.4. The van der Waals surface area contributed by atoms with Crippen LogP contribution < -0.4 is 5.32 Å². The summed E-state index contributed by atoms with van der Waals surface area (Å²) in [5.74, 6) is 0.327. The van der Waals surface area contributed by atoms with Crippen LogP contribution in [0.4, 0.5) is 5.69 Å². The van der Waals surface area contributed by atoms with Crippen LogP contribution in [0.2, 0.25) is 0 Å². The Morgan fingerprint density at radius 3 is 1.86 bits per heavy atom. The summed E-state index contributed by atoms with van der Waals surface area (Å²) in [7, 11) is 0. The first kappa shape index (κ1) is 24.8. The van der Waals surface area contributed by atoms with Gasteiger partial charge in [-0.3, -0.25) is 0 Å². The minimum Gasteiger partial charge on any atom is -0.508 e. The van der Waals surface area contributed by atoms with Gasteiger partial charge in [0.2, 0.25) is 0 Å². The molecule has 2 heteroatoms. The number of hydrogen-bond acceptors (Lipinski definition) is 2. The summed E-state index contributed by atoms with van der Waals surface area (Å²) < 4.78 is 0. The molecule has 160 valence electrons. The molecule has 2 nitrogen and oxygen atoms in total. The maximum absolute atomic E-state index is 9.43. The zero-order chi connectivity index (χ0) is 21.0. The number of benzene rings is 1. The van der Waals surface area contributed by atoms with Gasteiger partial charge in [-0.2, -0.15) is 0 Å². The first-order chi connectivity index (χ1) is 14.2. The fourth-order valence-electron chi connectivity index (χ4n) is 3.02. The van der Waals surface area contributed by atoms with Crippen molar-refractivity contribution in [3.8, 4) is 5.75 Å². The highest BCUT2D eigenvalue weighted by Gasteiger charge is 1.98. The topological polar surface area (TPSA) is 32.3 Å². The van der Waals surface area contributed by atoms with Gasteiger partial charge in [0.25, 0.3) is 0 Å². The number of aryl methyl sites for hydroxylation is 1. The van der Waals surface area contributed by atoms with Crippen molar-refractivity contribution in [2.75, 3.05) is 11.9 Å². The van der Waals surface area contributed by atoms with Gasteiger partial charge in [-0.1, -0.05) is 68.4 Å². The predicted molar refractivity (Wildman–Crippen MR) is 130 cm³/mol. The van der Waals surface area contributed by atoms with Crippen molar-refractivity contribution in [1.29, 1.82) is 0 Å². The smallest absolute Gasteiger partial charge is 0.115 e. The second-order valence-electron chi connectivity index (χ2n) is 7.51. The van der Waals surface area contributed by atoms with E-state index >= 15 is 0 Å². The van der Waals surface area contributed by atoms with Crippen LogP contribution in [0.15, 0.2) is 66.8 Å². The van der Waals surface area contributed by atoms with Crippen LogP contribution in [0.1, 0.15) is 76.7 Å². The third-order valence-electron chi connectivity index (χ3n) is 4.78. The summed E-state index contributed by atoms with van der Waals surface area (Å²) in [5.41, 5.74) is 2.20. The molecule has 1 aromatic carbocycles. The van der Waals surface area contributed by atoms with Gasteiger partial charge in [0.15, 0.2) is 0 Å². The maximum atomic E-state index is 9.43. The lowest BCUT2D eigenvalue weighted by Gasteiger charge is -2.09. The van der Waals surface area contributed by atoms with E-state index < -0.39 is 0 Å². The molecule has 0 aliphatic heterocycles. The van der Waals surface area contributed by atoms with E-state index in [9.17, 15) is 5.11 Å². The Bertz CT molecular complexity index is 640. The zero-order valence-corrected chi connectivity index (χ0v) is 18.6. The van der Waals surface area contributed by atoms with E-state index in [1.165, 1.54) is 32.1 Å². The fraction of sp³-hybridized carbons (Fsp3) is 0.481. The molecule has 0 saturated carbocycles. The van der Waals surface area contributed by atoms with E-state index in [-0.39, 0.29) is 0 Å². The van der Waals surface area contributed by atoms with Crippen LogP contribution in [0.25, 0.3) is 0 Å². The summed E-state index contributed by atoms with van der Waals surface area (Å²) in [6.45, 7) is 5.23. The lowest BCUT2D eigenvalue weighted by Crippen LogP contribution is -2.02. The molecular formula is C27H41NO. The number of phenolic OH excluding ortho intramolecular Hbond substituents is 1. The molecule has 0 radical (unpaired) electrons. The molecule has 0 spiro atoms. The van der Waals surface area contributed by atoms with Crippen molar-refractivity contribution in [3.05, 3.63) is 72.4 Å². The Morgan fingerprint density at radius 2 is 1.31 bits per heavy atom. The van der Waals surface area contributed by atoms with Crippen LogP contribution in [0, 0.1) is 6.92 Å². The molecule has 0 amide bonds. The third-order valence-corrected chi connectivity index (χ3v) is 4.78. The second-order valence-corrected chi connectivity index (χ2v) is 7.51. The van der Waals surface area contributed by atoms with E-state index in [4.69, 9.17) is 0 Å². The molecule has 1 rings (SSSR count). The highest BCUT2D eigenvalue weighted by Crippen LogP contribution is 2.20. The minimum absolute atomic E-state index is 0.327. The van der Waals surface area contributed by atoms with E-state index in [1.807, 2.05) is 13.0 Å². The van der Waals surface area contributed by atoms with Crippen LogP contribution in [0.3, 0.4) is 0 Å². The standard InChI is InChI=1S/C27H41NO/c1-3-4-5-6-7-8-9-10-11-12-13-14-15-16-17-18-19-20-23-28-27-22-21-26(29)24-25(27)2/h7-8,10-11,13-14,16-17,21-22,24,28-29H,3-6,9,12,15,18-20,23H2,1-2H3/b8-7-,11-10-,14-13-,17-16-. The van der Waals surface area contributed by atoms with Crippen LogP contribution in [-0.4, -0.2) is 11.7 Å². The maximum Gasteiger partial charge on any atom is 0.115 e. The summed E-state index contributed by atoms with van der Waals surface area (Å²) in [4.78, 5) is 0. The molecule has 0 unspecified atom stereocenters. The van der Waals surface area contributed by atoms with Crippen molar-refractivity contribution in [1.82, 2.24) is 0 Å². The number of aromatic hydroxyl groups is 1. The molecule has 0 saturated heterocycles. The van der Waals surface area contributed by atoms with Crippen molar-refractivity contribution >= 4 is 5.69 Å². The highest BCUT2D eigenvalue weighted by atomic mass is 16.3. The van der Waals surface area contributed by atoms with Gasteiger partial charge in [-0.05, 0) is 82.1 Å². The monoisotopic (exact) mass is 395 g/mol. The van der Waals surface area contributed by atoms with Gasteiger partial charge in [0.1, 0.15) is 5.75 Å². The Morgan fingerprint density at radius 1 is 0.759 bits per heavy atom. The summed E-state index contributed by atoms with van der Waals surface area (Å²) >= 11 is 0. The van der Waals surface area contributed by atoms with Gasteiger partial charge >= 0.3 is 0 Å². The second kappa shape index (κ2) is 17.8. The predicted octanol–water partition coefficient (Wildman–Crippen LogP) is 8.26. The van der Waals surface area contributed by atoms with Gasteiger partial charge in [-0.25, -0.2) is 0 Å². The molecule has 0 aromatic heterocycles. The molecule has 0 heterocycles. The first-order valence-electron chi connectivity index (χ1n) is 11.4. The van der Waals surface area contributed by atoms with E-state index in [1.54, 1.807) is 12.1 Å². The van der Waals surface area contributed by atoms with Crippen molar-refractivity contribution in [3.63, 3.8) is 0 Å². The van der Waals surface area contributed by atoms with Gasteiger partial charge in [0, 0.05) is 12.2 Å². The Kier molecular flexibility index (Phi) is 15.3. The molecule has 0 aliphatic rings. The number of phenols is 1.